The Kier molecular flexibility index (Phi) is 22.3. The Bertz CT molecular complexity index is 83.6. The molecule has 0 aromatic heterocycles. The van der Waals surface area contributed by atoms with E-state index < -0.39 is 0 Å². The molecule has 0 bridgehead atoms. The number of rotatable bonds is 4. The van der Waals surface area contributed by atoms with Crippen molar-refractivity contribution in [2.24, 2.45) is 0 Å². The van der Waals surface area contributed by atoms with Gasteiger partial charge in [-0.05, 0) is 0 Å². The number of allylic oxidation sites excluding steroid dienone is 4. The Balaban J connectivity index is 0. The highest BCUT2D eigenvalue weighted by atomic mass is 35.5. The molecular weight excluding hydrogens is 238 g/mol. The Labute approximate surface area is 94.1 Å². The fourth-order valence-electron chi connectivity index (χ4n) is 0.252. The first-order valence-electron chi connectivity index (χ1n) is 3.37. The topological polar surface area (TPSA) is 0 Å². The van der Waals surface area contributed by atoms with Crippen LogP contribution < -0.4 is 0 Å². The maximum absolute atomic E-state index is 5.23. The Morgan fingerprint density at radius 1 is 0.500 bits per heavy atom. The van der Waals surface area contributed by atoms with E-state index in [4.69, 9.17) is 46.4 Å². The third kappa shape index (κ3) is 22.4. The Hall–Kier alpha value is 0.640. The second-order valence-corrected chi connectivity index (χ2v) is 2.79. The zero-order chi connectivity index (χ0) is 9.66. The summed E-state index contributed by atoms with van der Waals surface area (Å²) in [4.78, 5) is 0. The number of hydrogen-bond acceptors (Lipinski definition) is 0. The maximum atomic E-state index is 5.23. The molecule has 0 heterocycles. The van der Waals surface area contributed by atoms with Crippen LogP contribution in [0.4, 0.5) is 0 Å². The summed E-state index contributed by atoms with van der Waals surface area (Å²) in [5, 5.41) is 0. The SMILES string of the molecule is ClC/C=C/CCl.ClC/C=C\CCl. The van der Waals surface area contributed by atoms with Gasteiger partial charge < -0.3 is 0 Å². The fraction of sp³-hybridized carbons (Fsp3) is 0.500. The van der Waals surface area contributed by atoms with E-state index in [2.05, 4.69) is 0 Å². The Morgan fingerprint density at radius 2 is 0.667 bits per heavy atom. The molecule has 72 valence electrons. The highest BCUT2D eigenvalue weighted by Gasteiger charge is 1.63. The largest absolute Gasteiger partial charge is 0.122 e. The van der Waals surface area contributed by atoms with Crippen LogP contribution in [0.3, 0.4) is 0 Å². The van der Waals surface area contributed by atoms with E-state index in [0.717, 1.165) is 0 Å². The first-order chi connectivity index (χ1) is 5.83. The predicted octanol–water partition coefficient (Wildman–Crippen LogP) is 4.04. The lowest BCUT2D eigenvalue weighted by atomic mass is 10.6. The summed E-state index contributed by atoms with van der Waals surface area (Å²) in [6.07, 6.45) is 7.26. The van der Waals surface area contributed by atoms with Gasteiger partial charge in [-0.25, -0.2) is 0 Å². The van der Waals surface area contributed by atoms with Gasteiger partial charge in [0.1, 0.15) is 0 Å². The molecule has 0 spiro atoms. The third-order valence-electron chi connectivity index (χ3n) is 0.690. The van der Waals surface area contributed by atoms with Gasteiger partial charge in [0.2, 0.25) is 0 Å². The molecular formula is C8H12Cl4. The lowest BCUT2D eigenvalue weighted by molar-refractivity contribution is 1.65. The van der Waals surface area contributed by atoms with Crippen LogP contribution in [-0.2, 0) is 0 Å². The third-order valence-corrected chi connectivity index (χ3v) is 1.40. The summed E-state index contributed by atoms with van der Waals surface area (Å²) in [7, 11) is 0. The van der Waals surface area contributed by atoms with Crippen LogP contribution in [0.1, 0.15) is 0 Å². The van der Waals surface area contributed by atoms with Gasteiger partial charge in [0.15, 0.2) is 0 Å². The highest BCUT2D eigenvalue weighted by Crippen LogP contribution is 1.80. The molecule has 0 saturated carbocycles. The first-order valence-corrected chi connectivity index (χ1v) is 5.51. The Morgan fingerprint density at radius 3 is 0.750 bits per heavy atom. The van der Waals surface area contributed by atoms with Gasteiger partial charge in [0.25, 0.3) is 0 Å². The van der Waals surface area contributed by atoms with Gasteiger partial charge in [0.05, 0.1) is 0 Å². The smallest absolute Gasteiger partial charge is 0.0404 e. The highest BCUT2D eigenvalue weighted by molar-refractivity contribution is 6.20. The molecule has 0 atom stereocenters. The van der Waals surface area contributed by atoms with E-state index in [1.807, 2.05) is 24.3 Å². The zero-order valence-electron chi connectivity index (χ0n) is 6.65. The van der Waals surface area contributed by atoms with Crippen LogP contribution in [0.25, 0.3) is 0 Å². The molecule has 0 saturated heterocycles. The van der Waals surface area contributed by atoms with E-state index in [1.54, 1.807) is 0 Å². The van der Waals surface area contributed by atoms with Gasteiger partial charge in [0, 0.05) is 23.5 Å². The average molecular weight is 250 g/mol. The molecule has 0 fully saturated rings. The molecule has 0 radical (unpaired) electrons. The number of halogens is 4. The van der Waals surface area contributed by atoms with E-state index in [1.165, 1.54) is 0 Å². The van der Waals surface area contributed by atoms with Crippen molar-refractivity contribution in [3.05, 3.63) is 24.3 Å². The second-order valence-electron chi connectivity index (χ2n) is 1.56. The molecule has 0 aromatic rings. The van der Waals surface area contributed by atoms with E-state index in [9.17, 15) is 0 Å². The molecule has 0 aliphatic rings. The molecule has 4 heteroatoms. The summed E-state index contributed by atoms with van der Waals surface area (Å²) < 4.78 is 0. The molecule has 0 aliphatic heterocycles. The molecule has 0 amide bonds. The first kappa shape index (κ1) is 15.1. The average Bonchev–Trinajstić information content (AvgIpc) is 2.12. The van der Waals surface area contributed by atoms with E-state index >= 15 is 0 Å². The van der Waals surface area contributed by atoms with Gasteiger partial charge in [-0.3, -0.25) is 0 Å². The monoisotopic (exact) mass is 248 g/mol. The lowest BCUT2D eigenvalue weighted by Crippen LogP contribution is -1.60. The fourth-order valence-corrected chi connectivity index (χ4v) is 0.756. The van der Waals surface area contributed by atoms with Crippen molar-refractivity contribution in [2.75, 3.05) is 23.5 Å². The molecule has 12 heavy (non-hydrogen) atoms. The lowest BCUT2D eigenvalue weighted by Gasteiger charge is -1.69. The van der Waals surface area contributed by atoms with Crippen LogP contribution in [0.2, 0.25) is 0 Å². The van der Waals surface area contributed by atoms with Crippen LogP contribution >= 0.6 is 46.4 Å². The minimum Gasteiger partial charge on any atom is -0.122 e. The molecule has 0 nitrogen and oxygen atoms in total. The van der Waals surface area contributed by atoms with Crippen LogP contribution in [0.15, 0.2) is 24.3 Å². The van der Waals surface area contributed by atoms with E-state index in [-0.39, 0.29) is 0 Å². The van der Waals surface area contributed by atoms with Crippen molar-refractivity contribution in [2.45, 2.75) is 0 Å². The van der Waals surface area contributed by atoms with Gasteiger partial charge in [-0.1, -0.05) is 24.3 Å². The summed E-state index contributed by atoms with van der Waals surface area (Å²) in [6, 6.07) is 0. The maximum Gasteiger partial charge on any atom is 0.0404 e. The molecule has 0 aromatic carbocycles. The van der Waals surface area contributed by atoms with Crippen molar-refractivity contribution >= 4 is 46.4 Å². The number of hydrogen-bond donors (Lipinski definition) is 0. The van der Waals surface area contributed by atoms with Gasteiger partial charge in [-0.2, -0.15) is 0 Å². The summed E-state index contributed by atoms with van der Waals surface area (Å²) in [5.41, 5.74) is 0. The molecule has 0 unspecified atom stereocenters. The summed E-state index contributed by atoms with van der Waals surface area (Å²) in [5.74, 6) is 2.25. The standard InChI is InChI=1S/2C4H6Cl2/c2*5-3-1-2-4-6/h2*1-2H,3-4H2/b2-1+;2-1-. The minimum atomic E-state index is 0.562. The van der Waals surface area contributed by atoms with Crippen LogP contribution in [0, 0.1) is 0 Å². The van der Waals surface area contributed by atoms with Crippen molar-refractivity contribution in [1.29, 1.82) is 0 Å². The second kappa shape index (κ2) is 17.7. The predicted molar refractivity (Wildman–Crippen MR) is 61.2 cm³/mol. The van der Waals surface area contributed by atoms with E-state index in [0.29, 0.717) is 23.5 Å². The van der Waals surface area contributed by atoms with Gasteiger partial charge in [-0.15, -0.1) is 46.4 Å². The molecule has 0 rings (SSSR count). The normalized spacial score (nSPS) is 10.3. The zero-order valence-corrected chi connectivity index (χ0v) is 9.67. The van der Waals surface area contributed by atoms with Crippen LogP contribution in [0.5, 0.6) is 0 Å². The molecule has 0 aliphatic carbocycles. The van der Waals surface area contributed by atoms with Crippen molar-refractivity contribution in [3.8, 4) is 0 Å². The quantitative estimate of drug-likeness (QED) is 0.521. The summed E-state index contributed by atoms with van der Waals surface area (Å²) in [6.45, 7) is 0. The summed E-state index contributed by atoms with van der Waals surface area (Å²) >= 11 is 20.9. The molecule has 0 N–H and O–H groups in total. The minimum absolute atomic E-state index is 0.562. The van der Waals surface area contributed by atoms with Crippen molar-refractivity contribution in [3.63, 3.8) is 0 Å². The van der Waals surface area contributed by atoms with Crippen LogP contribution in [-0.4, -0.2) is 23.5 Å². The van der Waals surface area contributed by atoms with Crippen molar-refractivity contribution in [1.82, 2.24) is 0 Å². The van der Waals surface area contributed by atoms with Crippen molar-refractivity contribution < 1.29 is 0 Å². The van der Waals surface area contributed by atoms with Gasteiger partial charge >= 0.3 is 0 Å². The number of alkyl halides is 4.